The maximum atomic E-state index is 12.2. The van der Waals surface area contributed by atoms with E-state index in [0.717, 1.165) is 49.5 Å². The Morgan fingerprint density at radius 1 is 1.23 bits per heavy atom. The van der Waals surface area contributed by atoms with E-state index < -0.39 is 0 Å². The molecule has 8 nitrogen and oxygen atoms in total. The summed E-state index contributed by atoms with van der Waals surface area (Å²) >= 11 is 0. The lowest BCUT2D eigenvalue weighted by molar-refractivity contribution is 0.113. The van der Waals surface area contributed by atoms with E-state index in [1.54, 1.807) is 25.7 Å². The number of benzene rings is 1. The Labute approximate surface area is 174 Å². The van der Waals surface area contributed by atoms with Gasteiger partial charge in [0.1, 0.15) is 18.4 Å². The molecule has 4 heterocycles. The van der Waals surface area contributed by atoms with E-state index in [2.05, 4.69) is 32.2 Å². The van der Waals surface area contributed by atoms with Crippen molar-refractivity contribution in [2.75, 3.05) is 20.2 Å². The third kappa shape index (κ3) is 3.66. The second-order valence-corrected chi connectivity index (χ2v) is 8.02. The number of fused-ring (bicyclic) bond motifs is 4. The van der Waals surface area contributed by atoms with Gasteiger partial charge in [-0.3, -0.25) is 9.69 Å². The maximum Gasteiger partial charge on any atom is 0.250 e. The van der Waals surface area contributed by atoms with Crippen LogP contribution in [0.25, 0.3) is 0 Å². The van der Waals surface area contributed by atoms with E-state index in [1.807, 2.05) is 22.8 Å². The Bertz CT molecular complexity index is 1120. The molecule has 1 fully saturated rings. The minimum Gasteiger partial charge on any atom is -0.496 e. The van der Waals surface area contributed by atoms with Crippen molar-refractivity contribution in [3.05, 3.63) is 76.2 Å². The van der Waals surface area contributed by atoms with Crippen molar-refractivity contribution in [1.29, 1.82) is 0 Å². The third-order valence-corrected chi connectivity index (χ3v) is 5.99. The number of aromatic nitrogens is 4. The first kappa shape index (κ1) is 18.7. The lowest BCUT2D eigenvalue weighted by Gasteiger charge is -2.42. The van der Waals surface area contributed by atoms with Gasteiger partial charge in [0.25, 0.3) is 5.56 Å². The van der Waals surface area contributed by atoms with Gasteiger partial charge in [-0.15, -0.1) is 9.89 Å². The van der Waals surface area contributed by atoms with Gasteiger partial charge in [0.15, 0.2) is 0 Å². The van der Waals surface area contributed by atoms with Crippen LogP contribution in [-0.2, 0) is 13.1 Å². The maximum absolute atomic E-state index is 12.2. The zero-order chi connectivity index (χ0) is 20.5. The molecular formula is C22H24N6O2. The largest absolute Gasteiger partial charge is 0.496 e. The van der Waals surface area contributed by atoms with Gasteiger partial charge in [-0.1, -0.05) is 6.07 Å². The molecule has 30 heavy (non-hydrogen) atoms. The zero-order valence-corrected chi connectivity index (χ0v) is 16.9. The fraction of sp³-hybridized carbons (Fsp3) is 0.364. The molecule has 1 aromatic carbocycles. The first-order valence-electron chi connectivity index (χ1n) is 10.2. The SMILES string of the molecule is COc1ccc(C=Nn2cncn2)cc1CN1C[C@@H]2C[C@@H](C1)c1cccc(=O)n1C2. The van der Waals surface area contributed by atoms with Crippen LogP contribution in [0.2, 0.25) is 0 Å². The van der Waals surface area contributed by atoms with Crippen molar-refractivity contribution < 1.29 is 4.74 Å². The Morgan fingerprint density at radius 2 is 2.17 bits per heavy atom. The van der Waals surface area contributed by atoms with E-state index in [9.17, 15) is 4.79 Å². The zero-order valence-electron chi connectivity index (χ0n) is 16.9. The summed E-state index contributed by atoms with van der Waals surface area (Å²) in [5.41, 5.74) is 3.40. The van der Waals surface area contributed by atoms with Crippen molar-refractivity contribution in [3.63, 3.8) is 0 Å². The monoisotopic (exact) mass is 404 g/mol. The minimum absolute atomic E-state index is 0.122. The van der Waals surface area contributed by atoms with Crippen LogP contribution >= 0.6 is 0 Å². The van der Waals surface area contributed by atoms with Crippen LogP contribution in [0, 0.1) is 5.92 Å². The van der Waals surface area contributed by atoms with Crippen molar-refractivity contribution in [1.82, 2.24) is 24.3 Å². The Morgan fingerprint density at radius 3 is 3.00 bits per heavy atom. The first-order valence-corrected chi connectivity index (χ1v) is 10.2. The van der Waals surface area contributed by atoms with Crippen LogP contribution in [0.15, 0.2) is 58.9 Å². The molecule has 0 saturated carbocycles. The third-order valence-electron chi connectivity index (χ3n) is 5.99. The highest BCUT2D eigenvalue weighted by Crippen LogP contribution is 2.36. The van der Waals surface area contributed by atoms with Crippen LogP contribution in [0.4, 0.5) is 0 Å². The number of piperidine rings is 1. The van der Waals surface area contributed by atoms with Gasteiger partial charge in [-0.25, -0.2) is 4.98 Å². The summed E-state index contributed by atoms with van der Waals surface area (Å²) < 4.78 is 7.58. The number of ether oxygens (including phenoxy) is 1. The molecule has 2 bridgehead atoms. The molecule has 2 aliphatic heterocycles. The number of pyridine rings is 1. The summed E-state index contributed by atoms with van der Waals surface area (Å²) in [5, 5.41) is 8.28. The summed E-state index contributed by atoms with van der Waals surface area (Å²) in [6.45, 7) is 3.54. The molecule has 0 radical (unpaired) electrons. The van der Waals surface area contributed by atoms with Crippen molar-refractivity contribution in [2.45, 2.75) is 25.4 Å². The fourth-order valence-electron chi connectivity index (χ4n) is 4.76. The quantitative estimate of drug-likeness (QED) is 0.608. The second kappa shape index (κ2) is 7.87. The molecule has 8 heteroatoms. The molecule has 1 saturated heterocycles. The van der Waals surface area contributed by atoms with Crippen LogP contribution in [-0.4, -0.2) is 50.8 Å². The predicted molar refractivity (Wildman–Crippen MR) is 113 cm³/mol. The summed E-state index contributed by atoms with van der Waals surface area (Å²) in [6.07, 6.45) is 5.93. The van der Waals surface area contributed by atoms with Gasteiger partial charge >= 0.3 is 0 Å². The van der Waals surface area contributed by atoms with Gasteiger partial charge in [0.05, 0.1) is 13.3 Å². The van der Waals surface area contributed by atoms with Gasteiger partial charge < -0.3 is 9.30 Å². The van der Waals surface area contributed by atoms with Crippen LogP contribution in [0.1, 0.15) is 29.2 Å². The van der Waals surface area contributed by atoms with Crippen LogP contribution in [0.5, 0.6) is 5.75 Å². The van der Waals surface area contributed by atoms with Crippen molar-refractivity contribution in [2.24, 2.45) is 11.0 Å². The minimum atomic E-state index is 0.122. The highest BCUT2D eigenvalue weighted by atomic mass is 16.5. The van der Waals surface area contributed by atoms with Crippen LogP contribution in [0.3, 0.4) is 0 Å². The number of rotatable bonds is 5. The molecule has 0 unspecified atom stereocenters. The lowest BCUT2D eigenvalue weighted by Crippen LogP contribution is -2.46. The number of likely N-dealkylation sites (tertiary alicyclic amines) is 1. The van der Waals surface area contributed by atoms with Gasteiger partial charge in [-0.2, -0.15) is 5.10 Å². The number of hydrogen-bond acceptors (Lipinski definition) is 6. The number of hydrogen-bond donors (Lipinski definition) is 0. The predicted octanol–water partition coefficient (Wildman–Crippen LogP) is 1.95. The van der Waals surface area contributed by atoms with Gasteiger partial charge in [0.2, 0.25) is 0 Å². The summed E-state index contributed by atoms with van der Waals surface area (Å²) in [6, 6.07) is 11.7. The molecule has 0 aliphatic carbocycles. The number of methoxy groups -OCH3 is 1. The fourth-order valence-corrected chi connectivity index (χ4v) is 4.76. The normalized spacial score (nSPS) is 21.0. The smallest absolute Gasteiger partial charge is 0.250 e. The van der Waals surface area contributed by atoms with Gasteiger partial charge in [0, 0.05) is 49.4 Å². The van der Waals surface area contributed by atoms with E-state index in [4.69, 9.17) is 4.74 Å². The van der Waals surface area contributed by atoms with Crippen molar-refractivity contribution in [3.8, 4) is 5.75 Å². The summed E-state index contributed by atoms with van der Waals surface area (Å²) in [5.74, 6) is 1.77. The molecule has 154 valence electrons. The molecule has 0 amide bonds. The Kier molecular flexibility index (Phi) is 4.92. The second-order valence-electron chi connectivity index (χ2n) is 8.02. The van der Waals surface area contributed by atoms with E-state index in [-0.39, 0.29) is 5.56 Å². The Hall–Kier alpha value is -3.26. The highest BCUT2D eigenvalue weighted by Gasteiger charge is 2.34. The molecule has 0 N–H and O–H groups in total. The topological polar surface area (TPSA) is 77.5 Å². The molecular weight excluding hydrogens is 380 g/mol. The Balaban J connectivity index is 1.37. The highest BCUT2D eigenvalue weighted by molar-refractivity contribution is 5.80. The van der Waals surface area contributed by atoms with E-state index in [1.165, 1.54) is 16.8 Å². The average Bonchev–Trinajstić information content (AvgIpc) is 3.27. The lowest BCUT2D eigenvalue weighted by atomic mass is 9.83. The molecule has 0 spiro atoms. The standard InChI is InChI=1S/C22H24N6O2/c1-30-21-6-5-16(9-24-28-15-23-14-25-28)7-19(21)13-26-10-17-8-18(12-26)20-3-2-4-22(29)27(20)11-17/h2-7,9,14-15,17-18H,8,10-13H2,1H3/t17-,18-/m0/s1. The molecule has 2 aromatic heterocycles. The molecule has 2 atom stereocenters. The van der Waals surface area contributed by atoms with Crippen molar-refractivity contribution >= 4 is 6.21 Å². The summed E-state index contributed by atoms with van der Waals surface area (Å²) in [4.78, 5) is 20.0. The van der Waals surface area contributed by atoms with E-state index >= 15 is 0 Å². The first-order chi connectivity index (χ1) is 14.7. The number of nitrogens with zero attached hydrogens (tertiary/aromatic N) is 6. The molecule has 3 aromatic rings. The van der Waals surface area contributed by atoms with Gasteiger partial charge in [-0.05, 0) is 42.2 Å². The average molecular weight is 404 g/mol. The van der Waals surface area contributed by atoms with E-state index in [0.29, 0.717) is 11.8 Å². The molecule has 2 aliphatic rings. The summed E-state index contributed by atoms with van der Waals surface area (Å²) in [7, 11) is 1.70. The van der Waals surface area contributed by atoms with Crippen LogP contribution < -0.4 is 10.3 Å². The molecule has 5 rings (SSSR count).